The van der Waals surface area contributed by atoms with Gasteiger partial charge in [0, 0.05) is 24.6 Å². The fourth-order valence-electron chi connectivity index (χ4n) is 3.69. The minimum Gasteiger partial charge on any atom is -0.456 e. The minimum atomic E-state index is -3.80. The minimum absolute atomic E-state index is 0.0139. The second-order valence-electron chi connectivity index (χ2n) is 7.65. The first-order chi connectivity index (χ1) is 15.1. The van der Waals surface area contributed by atoms with Crippen molar-refractivity contribution in [1.29, 1.82) is 0 Å². The van der Waals surface area contributed by atoms with Gasteiger partial charge in [-0.1, -0.05) is 17.7 Å². The number of anilines is 1. The van der Waals surface area contributed by atoms with E-state index >= 15 is 0 Å². The highest BCUT2D eigenvalue weighted by molar-refractivity contribution is 7.89. The van der Waals surface area contributed by atoms with Gasteiger partial charge < -0.3 is 9.64 Å². The quantitative estimate of drug-likeness (QED) is 0.578. The topological polar surface area (TPSA) is 89.7 Å². The average Bonchev–Trinajstić information content (AvgIpc) is 3.12. The number of nitrogens with zero attached hydrogens (tertiary/aromatic N) is 1. The first-order valence-electron chi connectivity index (χ1n) is 9.78. The van der Waals surface area contributed by atoms with E-state index in [1.165, 1.54) is 24.3 Å². The molecule has 0 radical (unpaired) electrons. The number of hydrogen-bond acceptors (Lipinski definition) is 4. The molecule has 4 rings (SSSR count). The molecular weight excluding hydrogens is 455 g/mol. The van der Waals surface area contributed by atoms with E-state index in [-0.39, 0.29) is 29.0 Å². The number of sulfonamides is 1. The predicted octanol–water partition coefficient (Wildman–Crippen LogP) is 4.75. The van der Waals surface area contributed by atoms with E-state index in [1.54, 1.807) is 42.2 Å². The Hall–Kier alpha value is -2.94. The van der Waals surface area contributed by atoms with Crippen LogP contribution in [0.25, 0.3) is 0 Å². The molecule has 3 aromatic rings. The highest BCUT2D eigenvalue weighted by Gasteiger charge is 2.32. The Labute approximate surface area is 190 Å². The molecule has 0 unspecified atom stereocenters. The fourth-order valence-corrected chi connectivity index (χ4v) is 4.37. The Kier molecular flexibility index (Phi) is 5.94. The van der Waals surface area contributed by atoms with Crippen molar-refractivity contribution in [2.24, 2.45) is 5.14 Å². The standard InChI is InChI=1S/C23H20ClFN2O4S/c1-14-10-17(25)3-9-21(14)31-22-11-15(2-8-20(22)24)16-12-23(28)27(13-16)18-4-6-19(7-5-18)32(26,29)30/h2-11,16H,12-13H2,1H3,(H2,26,29,30)/t16-/m0/s1. The number of hydrogen-bond donors (Lipinski definition) is 1. The summed E-state index contributed by atoms with van der Waals surface area (Å²) >= 11 is 6.31. The third-order valence-electron chi connectivity index (χ3n) is 5.39. The number of ether oxygens (including phenoxy) is 1. The van der Waals surface area contributed by atoms with Crippen molar-refractivity contribution in [1.82, 2.24) is 0 Å². The van der Waals surface area contributed by atoms with Crippen molar-refractivity contribution in [3.63, 3.8) is 0 Å². The lowest BCUT2D eigenvalue weighted by Gasteiger charge is -2.18. The van der Waals surface area contributed by atoms with Gasteiger partial charge in [0.2, 0.25) is 15.9 Å². The van der Waals surface area contributed by atoms with Gasteiger partial charge in [-0.25, -0.2) is 17.9 Å². The lowest BCUT2D eigenvalue weighted by molar-refractivity contribution is -0.117. The van der Waals surface area contributed by atoms with Crippen LogP contribution in [0.1, 0.15) is 23.5 Å². The number of aryl methyl sites for hydroxylation is 1. The normalized spacial score (nSPS) is 16.4. The number of carbonyl (C=O) groups is 1. The third kappa shape index (κ3) is 4.62. The summed E-state index contributed by atoms with van der Waals surface area (Å²) in [5.41, 5.74) is 2.11. The zero-order chi connectivity index (χ0) is 23.0. The number of halogens is 2. The first-order valence-corrected chi connectivity index (χ1v) is 11.7. The first kappa shape index (κ1) is 22.3. The zero-order valence-corrected chi connectivity index (χ0v) is 18.7. The van der Waals surface area contributed by atoms with Crippen LogP contribution in [-0.2, 0) is 14.8 Å². The lowest BCUT2D eigenvalue weighted by atomic mass is 9.98. The highest BCUT2D eigenvalue weighted by atomic mass is 35.5. The molecule has 0 bridgehead atoms. The summed E-state index contributed by atoms with van der Waals surface area (Å²) in [5.74, 6) is 0.377. The number of nitrogens with two attached hydrogens (primary N) is 1. The van der Waals surface area contributed by atoms with E-state index in [9.17, 15) is 17.6 Å². The number of amides is 1. The van der Waals surface area contributed by atoms with E-state index < -0.39 is 10.0 Å². The molecule has 32 heavy (non-hydrogen) atoms. The van der Waals surface area contributed by atoms with Gasteiger partial charge in [0.15, 0.2) is 0 Å². The molecule has 0 saturated carbocycles. The van der Waals surface area contributed by atoms with E-state index in [4.69, 9.17) is 21.5 Å². The van der Waals surface area contributed by atoms with Crippen molar-refractivity contribution < 1.29 is 22.3 Å². The van der Waals surface area contributed by atoms with Crippen LogP contribution in [0.3, 0.4) is 0 Å². The summed E-state index contributed by atoms with van der Waals surface area (Å²) in [7, 11) is -3.80. The molecule has 1 aliphatic rings. The summed E-state index contributed by atoms with van der Waals surface area (Å²) in [6.45, 7) is 2.16. The molecular formula is C23H20ClFN2O4S. The molecule has 1 aliphatic heterocycles. The van der Waals surface area contributed by atoms with Crippen LogP contribution in [0.5, 0.6) is 11.5 Å². The van der Waals surface area contributed by atoms with Crippen molar-refractivity contribution in [2.75, 3.05) is 11.4 Å². The van der Waals surface area contributed by atoms with Crippen molar-refractivity contribution in [3.05, 3.63) is 82.6 Å². The molecule has 9 heteroatoms. The summed E-state index contributed by atoms with van der Waals surface area (Å²) < 4.78 is 42.2. The maximum Gasteiger partial charge on any atom is 0.238 e. The maximum atomic E-state index is 13.4. The Morgan fingerprint density at radius 3 is 2.44 bits per heavy atom. The SMILES string of the molecule is Cc1cc(F)ccc1Oc1cc([C@H]2CC(=O)N(c3ccc(S(N)(=O)=O)cc3)C2)ccc1Cl. The summed E-state index contributed by atoms with van der Waals surface area (Å²) in [6, 6.07) is 15.5. The van der Waals surface area contributed by atoms with E-state index in [2.05, 4.69) is 0 Å². The highest BCUT2D eigenvalue weighted by Crippen LogP contribution is 2.37. The summed E-state index contributed by atoms with van der Waals surface area (Å²) in [5, 5.41) is 5.53. The van der Waals surface area contributed by atoms with Crippen LogP contribution in [0, 0.1) is 12.7 Å². The van der Waals surface area contributed by atoms with Crippen LogP contribution in [-0.4, -0.2) is 20.9 Å². The molecule has 1 atom stereocenters. The van der Waals surface area contributed by atoms with Gasteiger partial charge in [0.05, 0.1) is 9.92 Å². The number of carbonyl (C=O) groups excluding carboxylic acids is 1. The molecule has 166 valence electrons. The van der Waals surface area contributed by atoms with Crippen molar-refractivity contribution in [2.45, 2.75) is 24.2 Å². The third-order valence-corrected chi connectivity index (χ3v) is 6.63. The molecule has 6 nitrogen and oxygen atoms in total. The monoisotopic (exact) mass is 474 g/mol. The molecule has 0 spiro atoms. The average molecular weight is 475 g/mol. The van der Waals surface area contributed by atoms with E-state index in [0.29, 0.717) is 34.3 Å². The van der Waals surface area contributed by atoms with Crippen LogP contribution >= 0.6 is 11.6 Å². The van der Waals surface area contributed by atoms with Gasteiger partial charge in [0.25, 0.3) is 0 Å². The molecule has 0 aliphatic carbocycles. The second kappa shape index (κ2) is 8.54. The van der Waals surface area contributed by atoms with Gasteiger partial charge >= 0.3 is 0 Å². The molecule has 2 N–H and O–H groups in total. The molecule has 1 heterocycles. The van der Waals surface area contributed by atoms with Crippen LogP contribution in [0.4, 0.5) is 10.1 Å². The molecule has 3 aromatic carbocycles. The van der Waals surface area contributed by atoms with Gasteiger partial charge in [-0.15, -0.1) is 0 Å². The van der Waals surface area contributed by atoms with E-state index in [1.807, 2.05) is 6.07 Å². The Morgan fingerprint density at radius 1 is 1.06 bits per heavy atom. The van der Waals surface area contributed by atoms with Crippen molar-refractivity contribution >= 4 is 33.2 Å². The second-order valence-corrected chi connectivity index (χ2v) is 9.61. The molecule has 1 amide bonds. The van der Waals surface area contributed by atoms with E-state index in [0.717, 1.165) is 5.56 Å². The zero-order valence-electron chi connectivity index (χ0n) is 17.1. The van der Waals surface area contributed by atoms with Gasteiger partial charge in [-0.2, -0.15) is 0 Å². The Balaban J connectivity index is 1.56. The van der Waals surface area contributed by atoms with Gasteiger partial charge in [-0.3, -0.25) is 4.79 Å². The number of rotatable bonds is 5. The number of primary sulfonamides is 1. The van der Waals surface area contributed by atoms with Crippen LogP contribution in [0.2, 0.25) is 5.02 Å². The van der Waals surface area contributed by atoms with Gasteiger partial charge in [0.1, 0.15) is 17.3 Å². The predicted molar refractivity (Wildman–Crippen MR) is 120 cm³/mol. The molecule has 1 fully saturated rings. The fraction of sp³-hybridized carbons (Fsp3) is 0.174. The number of benzene rings is 3. The largest absolute Gasteiger partial charge is 0.456 e. The summed E-state index contributed by atoms with van der Waals surface area (Å²) in [4.78, 5) is 14.2. The smallest absolute Gasteiger partial charge is 0.238 e. The molecule has 0 aromatic heterocycles. The van der Waals surface area contributed by atoms with Crippen molar-refractivity contribution in [3.8, 4) is 11.5 Å². The maximum absolute atomic E-state index is 13.4. The van der Waals surface area contributed by atoms with Gasteiger partial charge in [-0.05, 0) is 72.6 Å². The lowest BCUT2D eigenvalue weighted by Crippen LogP contribution is -2.24. The van der Waals surface area contributed by atoms with Crippen LogP contribution in [0.15, 0.2) is 65.6 Å². The van der Waals surface area contributed by atoms with Crippen LogP contribution < -0.4 is 14.8 Å². The summed E-state index contributed by atoms with van der Waals surface area (Å²) in [6.07, 6.45) is 0.285. The Morgan fingerprint density at radius 2 is 1.78 bits per heavy atom. The Bertz CT molecular complexity index is 1300. The molecule has 1 saturated heterocycles.